The van der Waals surface area contributed by atoms with E-state index < -0.39 is 0 Å². The third kappa shape index (κ3) is 2.31. The van der Waals surface area contributed by atoms with E-state index in [0.29, 0.717) is 15.0 Å². The molecule has 0 bridgehead atoms. The Morgan fingerprint density at radius 1 is 1.33 bits per heavy atom. The number of hydrogen-bond acceptors (Lipinski definition) is 2. The summed E-state index contributed by atoms with van der Waals surface area (Å²) in [5.74, 6) is 3.00. The van der Waals surface area contributed by atoms with E-state index in [0.717, 1.165) is 15.1 Å². The number of benzene rings is 1. The summed E-state index contributed by atoms with van der Waals surface area (Å²) < 4.78 is 6.10. The van der Waals surface area contributed by atoms with E-state index in [4.69, 9.17) is 17.0 Å². The van der Waals surface area contributed by atoms with E-state index in [-0.39, 0.29) is 0 Å². The van der Waals surface area contributed by atoms with Gasteiger partial charge in [-0.25, -0.2) is 0 Å². The Hall–Kier alpha value is -0.371. The van der Waals surface area contributed by atoms with Crippen LogP contribution in [-0.4, -0.2) is 25.8 Å². The third-order valence-corrected chi connectivity index (χ3v) is 3.89. The van der Waals surface area contributed by atoms with Gasteiger partial charge in [0.1, 0.15) is 0 Å². The van der Waals surface area contributed by atoms with Gasteiger partial charge in [-0.2, -0.15) is 0 Å². The average molecular weight is 245 g/mol. The van der Waals surface area contributed by atoms with Crippen LogP contribution in [0.15, 0.2) is 24.3 Å². The fourth-order valence-corrected chi connectivity index (χ4v) is 1.76. The van der Waals surface area contributed by atoms with Crippen LogP contribution in [0.1, 0.15) is 5.56 Å². The molecule has 0 unspecified atom stereocenters. The van der Waals surface area contributed by atoms with Crippen LogP contribution in [0.4, 0.5) is 0 Å². The van der Waals surface area contributed by atoms with E-state index in [2.05, 4.69) is 5.82 Å². The van der Waals surface area contributed by atoms with Crippen LogP contribution in [0.5, 0.6) is 5.75 Å². The molecule has 12 heavy (non-hydrogen) atoms. The summed E-state index contributed by atoms with van der Waals surface area (Å²) in [5, 5.41) is 0. The Bertz CT molecular complexity index is 268. The molecule has 0 aliphatic heterocycles. The van der Waals surface area contributed by atoms with Crippen LogP contribution in [0.25, 0.3) is 0 Å². The molecule has 0 aliphatic carbocycles. The minimum absolute atomic E-state index is 0.421. The summed E-state index contributed by atoms with van der Waals surface area (Å²) in [5.41, 5.74) is 1.15. The first-order chi connectivity index (χ1) is 5.77. The molecule has 0 aliphatic rings. The topological polar surface area (TPSA) is 9.23 Å². The Kier molecular flexibility index (Phi) is 3.73. The zero-order valence-electron chi connectivity index (χ0n) is 7.03. The Morgan fingerprint density at radius 3 is 2.33 bits per heavy atom. The van der Waals surface area contributed by atoms with Gasteiger partial charge in [0.25, 0.3) is 0 Å². The summed E-state index contributed by atoms with van der Waals surface area (Å²) in [6.07, 6.45) is 0. The van der Waals surface area contributed by atoms with Crippen molar-refractivity contribution in [1.29, 1.82) is 0 Å². The van der Waals surface area contributed by atoms with Gasteiger partial charge in [-0.15, -0.1) is 0 Å². The first-order valence-electron chi connectivity index (χ1n) is 3.50. The van der Waals surface area contributed by atoms with Gasteiger partial charge in [0.15, 0.2) is 0 Å². The van der Waals surface area contributed by atoms with Gasteiger partial charge in [-0.3, -0.25) is 0 Å². The maximum absolute atomic E-state index is 5.19. The van der Waals surface area contributed by atoms with E-state index in [1.54, 1.807) is 7.11 Å². The molecule has 0 fully saturated rings. The van der Waals surface area contributed by atoms with Crippen molar-refractivity contribution < 1.29 is 4.74 Å². The van der Waals surface area contributed by atoms with Crippen LogP contribution < -0.4 is 4.74 Å². The summed E-state index contributed by atoms with van der Waals surface area (Å²) in [6.45, 7) is 0. The fraction of sp³-hybridized carbons (Fsp3) is 0.222. The summed E-state index contributed by atoms with van der Waals surface area (Å²) >= 11 is 5.61. The number of methoxy groups -OCH3 is 1. The van der Waals surface area contributed by atoms with Crippen LogP contribution in [0.2, 0.25) is 5.82 Å². The van der Waals surface area contributed by atoms with Crippen LogP contribution in [-0.2, 0) is 0 Å². The Balaban J connectivity index is 2.84. The van der Waals surface area contributed by atoms with Crippen molar-refractivity contribution in [3.63, 3.8) is 0 Å². The first-order valence-corrected chi connectivity index (χ1v) is 6.48. The first kappa shape index (κ1) is 9.72. The molecule has 0 spiro atoms. The molecule has 64 valence electrons. The van der Waals surface area contributed by atoms with Crippen LogP contribution in [0.3, 0.4) is 0 Å². The van der Waals surface area contributed by atoms with Crippen molar-refractivity contribution in [2.24, 2.45) is 0 Å². The molecule has 1 rings (SSSR count). The Labute approximate surface area is 84.3 Å². The van der Waals surface area contributed by atoms with Crippen molar-refractivity contribution in [1.82, 2.24) is 0 Å². The van der Waals surface area contributed by atoms with Crippen LogP contribution in [0, 0.1) is 0 Å². The van der Waals surface area contributed by atoms with Gasteiger partial charge in [0.2, 0.25) is 0 Å². The van der Waals surface area contributed by atoms with Crippen molar-refractivity contribution in [3.05, 3.63) is 29.8 Å². The van der Waals surface area contributed by atoms with Gasteiger partial charge < -0.3 is 0 Å². The molecule has 1 aromatic rings. The fourth-order valence-electron chi connectivity index (χ4n) is 0.845. The summed E-state index contributed by atoms with van der Waals surface area (Å²) in [4.78, 5) is 0. The summed E-state index contributed by atoms with van der Waals surface area (Å²) in [6, 6.07) is 7.89. The molecule has 0 aromatic heterocycles. The number of ether oxygens (including phenoxy) is 1. The Morgan fingerprint density at radius 2 is 1.92 bits per heavy atom. The molecule has 3 heteroatoms. The van der Waals surface area contributed by atoms with E-state index >= 15 is 0 Å². The van der Waals surface area contributed by atoms with Crippen molar-refractivity contribution >= 4 is 30.9 Å². The van der Waals surface area contributed by atoms with Gasteiger partial charge in [-0.1, -0.05) is 0 Å². The monoisotopic (exact) mass is 246 g/mol. The van der Waals surface area contributed by atoms with E-state index in [1.807, 2.05) is 24.3 Å². The number of thiocarbonyl (C=S) groups is 1. The van der Waals surface area contributed by atoms with Gasteiger partial charge in [0.05, 0.1) is 0 Å². The van der Waals surface area contributed by atoms with Crippen molar-refractivity contribution in [2.45, 2.75) is 5.82 Å². The standard InChI is InChI=1S/C9H10OSSe/c1-10-8-5-3-7(4-6-8)9(11)12-2/h3-6H,1-2H3. The van der Waals surface area contributed by atoms with E-state index in [9.17, 15) is 0 Å². The molecular formula is C9H10OSSe. The summed E-state index contributed by atoms with van der Waals surface area (Å²) in [7, 11) is 1.66. The molecule has 0 heterocycles. The number of rotatable bonds is 3. The third-order valence-electron chi connectivity index (χ3n) is 1.51. The van der Waals surface area contributed by atoms with E-state index in [1.165, 1.54) is 0 Å². The zero-order chi connectivity index (χ0) is 8.97. The van der Waals surface area contributed by atoms with Gasteiger partial charge in [-0.05, 0) is 0 Å². The van der Waals surface area contributed by atoms with Crippen molar-refractivity contribution in [3.8, 4) is 5.75 Å². The predicted octanol–water partition coefficient (Wildman–Crippen LogP) is 2.12. The normalized spacial score (nSPS) is 9.50. The molecule has 0 saturated carbocycles. The molecule has 0 radical (unpaired) electrons. The molecule has 0 saturated heterocycles. The van der Waals surface area contributed by atoms with Gasteiger partial charge in [0, 0.05) is 0 Å². The number of hydrogen-bond donors (Lipinski definition) is 0. The maximum atomic E-state index is 5.19. The SMILES string of the molecule is COc1ccc(C(=S)[Se]C)cc1. The second-order valence-electron chi connectivity index (χ2n) is 2.22. The molecular weight excluding hydrogens is 235 g/mol. The molecule has 0 N–H and O–H groups in total. The quantitative estimate of drug-likeness (QED) is 0.596. The zero-order valence-corrected chi connectivity index (χ0v) is 9.56. The second kappa shape index (κ2) is 4.61. The molecule has 1 aromatic carbocycles. The second-order valence-corrected chi connectivity index (χ2v) is 4.92. The predicted molar refractivity (Wildman–Crippen MR) is 56.3 cm³/mol. The van der Waals surface area contributed by atoms with Crippen LogP contribution >= 0.6 is 12.2 Å². The molecule has 1 nitrogen and oxygen atoms in total. The average Bonchev–Trinajstić information content (AvgIpc) is 2.17. The minimum atomic E-state index is 0.421. The van der Waals surface area contributed by atoms with Crippen molar-refractivity contribution in [2.75, 3.05) is 7.11 Å². The van der Waals surface area contributed by atoms with Gasteiger partial charge >= 0.3 is 84.2 Å². The molecule has 0 atom stereocenters. The molecule has 0 amide bonds.